The summed E-state index contributed by atoms with van der Waals surface area (Å²) >= 11 is 11.3. The van der Waals surface area contributed by atoms with Gasteiger partial charge in [0.1, 0.15) is 4.99 Å². The Labute approximate surface area is 120 Å². The molecule has 4 heteroatoms. The molecule has 2 nitrogen and oxygen atoms in total. The molecule has 1 aromatic carbocycles. The van der Waals surface area contributed by atoms with E-state index in [0.29, 0.717) is 10.0 Å². The number of anilines is 1. The molecular formula is C14H21ClN2S. The number of hydrogen-bond acceptors (Lipinski definition) is 2. The molecule has 0 aliphatic rings. The number of nitrogens with one attached hydrogen (secondary N) is 1. The van der Waals surface area contributed by atoms with Gasteiger partial charge in [-0.2, -0.15) is 0 Å². The van der Waals surface area contributed by atoms with Gasteiger partial charge in [-0.15, -0.1) is 0 Å². The third-order valence-electron chi connectivity index (χ3n) is 3.69. The van der Waals surface area contributed by atoms with E-state index in [4.69, 9.17) is 29.6 Å². The van der Waals surface area contributed by atoms with Crippen LogP contribution in [0, 0.1) is 0 Å². The SMILES string of the molecule is CCC(CC)(CC)Nc1cccc(Cl)c1C(N)=S. The van der Waals surface area contributed by atoms with Crippen LogP contribution in [0.3, 0.4) is 0 Å². The Bertz CT molecular complexity index is 420. The standard InChI is InChI=1S/C14H21ClN2S/c1-4-14(5-2,6-3)17-11-9-7-8-10(15)12(11)13(16)18/h7-9,17H,4-6H2,1-3H3,(H2,16,18). The highest BCUT2D eigenvalue weighted by Crippen LogP contribution is 2.30. The van der Waals surface area contributed by atoms with E-state index in [-0.39, 0.29) is 5.54 Å². The summed E-state index contributed by atoms with van der Waals surface area (Å²) in [7, 11) is 0. The van der Waals surface area contributed by atoms with Gasteiger partial charge in [0.05, 0.1) is 10.6 Å². The summed E-state index contributed by atoms with van der Waals surface area (Å²) in [6, 6.07) is 5.71. The lowest BCUT2D eigenvalue weighted by atomic mass is 9.89. The molecule has 0 spiro atoms. The molecule has 0 heterocycles. The number of rotatable bonds is 6. The maximum atomic E-state index is 6.18. The molecule has 0 atom stereocenters. The van der Waals surface area contributed by atoms with Crippen LogP contribution in [0.25, 0.3) is 0 Å². The minimum Gasteiger partial charge on any atom is -0.389 e. The average molecular weight is 285 g/mol. The molecule has 0 bridgehead atoms. The van der Waals surface area contributed by atoms with Crippen molar-refractivity contribution >= 4 is 34.5 Å². The van der Waals surface area contributed by atoms with Crippen LogP contribution in [0.2, 0.25) is 5.02 Å². The van der Waals surface area contributed by atoms with Crippen molar-refractivity contribution in [1.82, 2.24) is 0 Å². The summed E-state index contributed by atoms with van der Waals surface area (Å²) in [6.07, 6.45) is 3.13. The lowest BCUT2D eigenvalue weighted by Crippen LogP contribution is -2.37. The fourth-order valence-electron chi connectivity index (χ4n) is 2.18. The summed E-state index contributed by atoms with van der Waals surface area (Å²) < 4.78 is 0. The monoisotopic (exact) mass is 284 g/mol. The first-order valence-electron chi connectivity index (χ1n) is 6.36. The lowest BCUT2D eigenvalue weighted by Gasteiger charge is -2.34. The predicted molar refractivity (Wildman–Crippen MR) is 84.6 cm³/mol. The maximum Gasteiger partial charge on any atom is 0.107 e. The van der Waals surface area contributed by atoms with Gasteiger partial charge in [-0.25, -0.2) is 0 Å². The molecule has 1 aromatic rings. The lowest BCUT2D eigenvalue weighted by molar-refractivity contribution is 0.420. The van der Waals surface area contributed by atoms with Crippen LogP contribution in [0.15, 0.2) is 18.2 Å². The van der Waals surface area contributed by atoms with Crippen LogP contribution >= 0.6 is 23.8 Å². The largest absolute Gasteiger partial charge is 0.389 e. The quantitative estimate of drug-likeness (QED) is 0.763. The van der Waals surface area contributed by atoms with Gasteiger partial charge in [-0.05, 0) is 31.4 Å². The van der Waals surface area contributed by atoms with Crippen LogP contribution < -0.4 is 11.1 Å². The number of nitrogens with two attached hydrogens (primary N) is 1. The Morgan fingerprint density at radius 2 is 1.83 bits per heavy atom. The molecule has 0 unspecified atom stereocenters. The molecule has 0 aliphatic carbocycles. The number of halogens is 1. The van der Waals surface area contributed by atoms with Crippen molar-refractivity contribution in [3.63, 3.8) is 0 Å². The minimum absolute atomic E-state index is 0.0736. The third-order valence-corrected chi connectivity index (χ3v) is 4.21. The zero-order chi connectivity index (χ0) is 13.8. The van der Waals surface area contributed by atoms with E-state index in [9.17, 15) is 0 Å². The molecule has 18 heavy (non-hydrogen) atoms. The van der Waals surface area contributed by atoms with Gasteiger partial charge < -0.3 is 11.1 Å². The van der Waals surface area contributed by atoms with E-state index >= 15 is 0 Å². The maximum absolute atomic E-state index is 6.18. The smallest absolute Gasteiger partial charge is 0.107 e. The van der Waals surface area contributed by atoms with Crippen LogP contribution in [-0.4, -0.2) is 10.5 Å². The minimum atomic E-state index is 0.0736. The average Bonchev–Trinajstić information content (AvgIpc) is 2.35. The highest BCUT2D eigenvalue weighted by atomic mass is 35.5. The summed E-state index contributed by atoms with van der Waals surface area (Å²) in [5.41, 5.74) is 7.51. The molecule has 1 rings (SSSR count). The van der Waals surface area contributed by atoms with E-state index in [1.165, 1.54) is 0 Å². The Kier molecular flexibility index (Phi) is 5.42. The van der Waals surface area contributed by atoms with Crippen molar-refractivity contribution in [1.29, 1.82) is 0 Å². The zero-order valence-corrected chi connectivity index (χ0v) is 12.8. The number of benzene rings is 1. The van der Waals surface area contributed by atoms with Crippen molar-refractivity contribution in [3.8, 4) is 0 Å². The van der Waals surface area contributed by atoms with Gasteiger partial charge in [0, 0.05) is 11.2 Å². The molecule has 0 fully saturated rings. The highest BCUT2D eigenvalue weighted by molar-refractivity contribution is 7.80. The second-order valence-electron chi connectivity index (χ2n) is 4.49. The first-order valence-corrected chi connectivity index (χ1v) is 7.14. The molecule has 100 valence electrons. The Morgan fingerprint density at radius 1 is 1.28 bits per heavy atom. The van der Waals surface area contributed by atoms with E-state index in [2.05, 4.69) is 26.1 Å². The van der Waals surface area contributed by atoms with Crippen LogP contribution in [-0.2, 0) is 0 Å². The first kappa shape index (κ1) is 15.3. The zero-order valence-electron chi connectivity index (χ0n) is 11.2. The van der Waals surface area contributed by atoms with E-state index < -0.39 is 0 Å². The van der Waals surface area contributed by atoms with Crippen LogP contribution in [0.1, 0.15) is 45.6 Å². The van der Waals surface area contributed by atoms with Gasteiger partial charge >= 0.3 is 0 Å². The molecule has 0 saturated heterocycles. The van der Waals surface area contributed by atoms with E-state index in [1.807, 2.05) is 18.2 Å². The van der Waals surface area contributed by atoms with Crippen molar-refractivity contribution < 1.29 is 0 Å². The normalized spacial score (nSPS) is 11.3. The molecule has 0 amide bonds. The van der Waals surface area contributed by atoms with E-state index in [1.54, 1.807) is 0 Å². The van der Waals surface area contributed by atoms with Crippen molar-refractivity contribution in [2.45, 2.75) is 45.6 Å². The molecule has 0 saturated carbocycles. The highest BCUT2D eigenvalue weighted by Gasteiger charge is 2.25. The molecule has 0 radical (unpaired) electrons. The summed E-state index contributed by atoms with van der Waals surface area (Å²) in [4.78, 5) is 0.334. The van der Waals surface area contributed by atoms with E-state index in [0.717, 1.165) is 30.5 Å². The summed E-state index contributed by atoms with van der Waals surface area (Å²) in [5, 5.41) is 4.18. The second-order valence-corrected chi connectivity index (χ2v) is 5.34. The third kappa shape index (κ3) is 3.15. The fourth-order valence-corrected chi connectivity index (χ4v) is 2.73. The molecule has 3 N–H and O–H groups in total. The Hall–Kier alpha value is -0.800. The van der Waals surface area contributed by atoms with Crippen LogP contribution in [0.5, 0.6) is 0 Å². The number of thiocarbonyl (C=S) groups is 1. The topological polar surface area (TPSA) is 38.0 Å². The predicted octanol–water partition coefficient (Wildman–Crippen LogP) is 4.35. The number of hydrogen-bond donors (Lipinski definition) is 2. The Balaban J connectivity index is 3.18. The Morgan fingerprint density at radius 3 is 2.28 bits per heavy atom. The van der Waals surface area contributed by atoms with Gasteiger partial charge in [0.2, 0.25) is 0 Å². The molecule has 0 aliphatic heterocycles. The van der Waals surface area contributed by atoms with Crippen LogP contribution in [0.4, 0.5) is 5.69 Å². The van der Waals surface area contributed by atoms with Crippen molar-refractivity contribution in [2.24, 2.45) is 5.73 Å². The van der Waals surface area contributed by atoms with Gasteiger partial charge in [-0.1, -0.05) is 50.7 Å². The first-order chi connectivity index (χ1) is 8.49. The van der Waals surface area contributed by atoms with Gasteiger partial charge in [0.25, 0.3) is 0 Å². The van der Waals surface area contributed by atoms with Gasteiger partial charge in [-0.3, -0.25) is 0 Å². The van der Waals surface area contributed by atoms with Crippen molar-refractivity contribution in [2.75, 3.05) is 5.32 Å². The molecular weight excluding hydrogens is 264 g/mol. The second kappa shape index (κ2) is 6.39. The van der Waals surface area contributed by atoms with Gasteiger partial charge in [0.15, 0.2) is 0 Å². The fraction of sp³-hybridized carbons (Fsp3) is 0.500. The summed E-state index contributed by atoms with van der Waals surface area (Å²) in [5.74, 6) is 0. The molecule has 0 aromatic heterocycles. The van der Waals surface area contributed by atoms with Crippen molar-refractivity contribution in [3.05, 3.63) is 28.8 Å². The summed E-state index contributed by atoms with van der Waals surface area (Å²) in [6.45, 7) is 6.56.